The first-order valence-electron chi connectivity index (χ1n) is 6.89. The number of benzene rings is 1. The highest BCUT2D eigenvalue weighted by Gasteiger charge is 2.27. The van der Waals surface area contributed by atoms with Crippen molar-refractivity contribution in [3.63, 3.8) is 0 Å². The summed E-state index contributed by atoms with van der Waals surface area (Å²) in [6.45, 7) is 6.47. The number of aryl methyl sites for hydroxylation is 1. The molecule has 0 radical (unpaired) electrons. The lowest BCUT2D eigenvalue weighted by Crippen LogP contribution is -2.30. The molecular formula is C15H19Cl2FN2. The Morgan fingerprint density at radius 1 is 1.30 bits per heavy atom. The Morgan fingerprint density at radius 3 is 2.50 bits per heavy atom. The monoisotopic (exact) mass is 316 g/mol. The molecule has 2 rings (SSSR count). The fraction of sp³-hybridized carbons (Fsp3) is 0.533. The van der Waals surface area contributed by atoms with E-state index < -0.39 is 5.82 Å². The van der Waals surface area contributed by atoms with Crippen LogP contribution in [-0.2, 0) is 12.0 Å². The zero-order valence-corrected chi connectivity index (χ0v) is 13.5. The van der Waals surface area contributed by atoms with Gasteiger partial charge in [0.2, 0.25) is 0 Å². The molecule has 0 bridgehead atoms. The molecule has 0 saturated heterocycles. The third kappa shape index (κ3) is 2.53. The number of aromatic nitrogens is 2. The molecule has 1 aromatic carbocycles. The second-order valence-electron chi connectivity index (χ2n) is 5.26. The lowest BCUT2D eigenvalue weighted by molar-refractivity contribution is 0.294. The van der Waals surface area contributed by atoms with E-state index in [4.69, 9.17) is 23.2 Å². The van der Waals surface area contributed by atoms with Gasteiger partial charge in [-0.1, -0.05) is 25.4 Å². The Balaban J connectivity index is 2.77. The van der Waals surface area contributed by atoms with Crippen LogP contribution in [0.4, 0.5) is 4.39 Å². The van der Waals surface area contributed by atoms with Crippen molar-refractivity contribution in [1.29, 1.82) is 0 Å². The predicted molar refractivity (Wildman–Crippen MR) is 83.4 cm³/mol. The number of nitrogens with zero attached hydrogens (tertiary/aromatic N) is 2. The lowest BCUT2D eigenvalue weighted by Gasteiger charge is -2.31. The number of alkyl halides is 1. The summed E-state index contributed by atoms with van der Waals surface area (Å²) in [6, 6.07) is 3.07. The fourth-order valence-electron chi connectivity index (χ4n) is 2.54. The second-order valence-corrected chi connectivity index (χ2v) is 6.05. The smallest absolute Gasteiger partial charge is 0.144 e. The molecule has 0 spiro atoms. The number of rotatable bonds is 5. The van der Waals surface area contributed by atoms with Crippen molar-refractivity contribution in [2.24, 2.45) is 0 Å². The largest absolute Gasteiger partial charge is 0.322 e. The third-order valence-corrected chi connectivity index (χ3v) is 4.63. The van der Waals surface area contributed by atoms with Crippen LogP contribution >= 0.6 is 23.2 Å². The Morgan fingerprint density at radius 2 is 1.95 bits per heavy atom. The normalized spacial score (nSPS) is 12.3. The van der Waals surface area contributed by atoms with Gasteiger partial charge in [0.05, 0.1) is 16.1 Å². The summed E-state index contributed by atoms with van der Waals surface area (Å²) in [5, 5.41) is 0.130. The molecule has 20 heavy (non-hydrogen) atoms. The minimum atomic E-state index is -0.434. The lowest BCUT2D eigenvalue weighted by atomic mass is 9.94. The minimum Gasteiger partial charge on any atom is -0.322 e. The number of fused-ring (bicyclic) bond motifs is 1. The van der Waals surface area contributed by atoms with E-state index in [9.17, 15) is 4.39 Å². The summed E-state index contributed by atoms with van der Waals surface area (Å²) in [5.74, 6) is 0.946. The molecule has 0 aliphatic carbocycles. The topological polar surface area (TPSA) is 17.8 Å². The molecule has 0 fully saturated rings. The fourth-order valence-corrected chi connectivity index (χ4v) is 2.87. The van der Waals surface area contributed by atoms with Crippen molar-refractivity contribution in [2.45, 2.75) is 45.6 Å². The highest BCUT2D eigenvalue weighted by Crippen LogP contribution is 2.33. The highest BCUT2D eigenvalue weighted by molar-refractivity contribution is 6.31. The van der Waals surface area contributed by atoms with Crippen LogP contribution in [0.3, 0.4) is 0 Å². The molecule has 0 aliphatic rings. The minimum absolute atomic E-state index is 0.0721. The molecule has 1 heterocycles. The molecule has 0 atom stereocenters. The van der Waals surface area contributed by atoms with E-state index >= 15 is 0 Å². The molecule has 5 heteroatoms. The summed E-state index contributed by atoms with van der Waals surface area (Å²) in [7, 11) is 0. The van der Waals surface area contributed by atoms with Crippen molar-refractivity contribution in [3.05, 3.63) is 28.8 Å². The van der Waals surface area contributed by atoms with Crippen LogP contribution in [-0.4, -0.2) is 15.4 Å². The summed E-state index contributed by atoms with van der Waals surface area (Å²) in [4.78, 5) is 4.55. The van der Waals surface area contributed by atoms with E-state index in [0.717, 1.165) is 24.2 Å². The van der Waals surface area contributed by atoms with Gasteiger partial charge in [-0.3, -0.25) is 0 Å². The zero-order chi connectivity index (χ0) is 14.9. The standard InChI is InChI=1S/C15H19Cl2FN2/c1-4-15(3,5-2)20-13-8-10(17)11(18)9-12(13)19-14(20)6-7-16/h8-9H,4-7H2,1-3H3. The molecule has 1 aromatic heterocycles. The first kappa shape index (κ1) is 15.6. The third-order valence-electron chi connectivity index (χ3n) is 4.15. The summed E-state index contributed by atoms with van der Waals surface area (Å²) in [6.07, 6.45) is 2.57. The van der Waals surface area contributed by atoms with E-state index in [1.807, 2.05) is 0 Å². The van der Waals surface area contributed by atoms with Crippen LogP contribution in [0.25, 0.3) is 11.0 Å². The Labute approximate surface area is 128 Å². The number of halogens is 3. The van der Waals surface area contributed by atoms with E-state index in [-0.39, 0.29) is 10.6 Å². The number of hydrogen-bond acceptors (Lipinski definition) is 1. The van der Waals surface area contributed by atoms with Gasteiger partial charge in [-0.2, -0.15) is 0 Å². The SMILES string of the molecule is CCC(C)(CC)n1c(CCCl)nc2cc(F)c(Cl)cc21. The van der Waals surface area contributed by atoms with E-state index in [0.29, 0.717) is 17.8 Å². The van der Waals surface area contributed by atoms with Gasteiger partial charge in [-0.05, 0) is 25.8 Å². The number of imidazole rings is 1. The maximum atomic E-state index is 13.6. The van der Waals surface area contributed by atoms with Crippen molar-refractivity contribution < 1.29 is 4.39 Å². The first-order chi connectivity index (χ1) is 9.46. The van der Waals surface area contributed by atoms with E-state index in [1.54, 1.807) is 6.07 Å². The van der Waals surface area contributed by atoms with Crippen LogP contribution in [0.5, 0.6) is 0 Å². The quantitative estimate of drug-likeness (QED) is 0.698. The molecule has 0 saturated carbocycles. The van der Waals surface area contributed by atoms with Gasteiger partial charge >= 0.3 is 0 Å². The molecule has 0 unspecified atom stereocenters. The Hall–Kier alpha value is -0.800. The first-order valence-corrected chi connectivity index (χ1v) is 7.81. The van der Waals surface area contributed by atoms with Crippen LogP contribution in [0, 0.1) is 5.82 Å². The van der Waals surface area contributed by atoms with Crippen LogP contribution in [0.15, 0.2) is 12.1 Å². The van der Waals surface area contributed by atoms with Gasteiger partial charge in [0.15, 0.2) is 0 Å². The Kier molecular flexibility index (Phi) is 4.60. The zero-order valence-electron chi connectivity index (χ0n) is 12.0. The maximum absolute atomic E-state index is 13.6. The molecule has 0 N–H and O–H groups in total. The van der Waals surface area contributed by atoms with Gasteiger partial charge in [0, 0.05) is 23.9 Å². The molecular weight excluding hydrogens is 298 g/mol. The van der Waals surface area contributed by atoms with Crippen LogP contribution in [0.2, 0.25) is 5.02 Å². The average Bonchev–Trinajstić information content (AvgIpc) is 2.77. The van der Waals surface area contributed by atoms with Crippen LogP contribution < -0.4 is 0 Å². The highest BCUT2D eigenvalue weighted by atomic mass is 35.5. The number of hydrogen-bond donors (Lipinski definition) is 0. The van der Waals surface area contributed by atoms with Crippen molar-refractivity contribution in [1.82, 2.24) is 9.55 Å². The molecule has 0 aliphatic heterocycles. The summed E-state index contributed by atoms with van der Waals surface area (Å²) in [5.41, 5.74) is 1.44. The van der Waals surface area contributed by atoms with Gasteiger partial charge in [-0.15, -0.1) is 11.6 Å². The van der Waals surface area contributed by atoms with Crippen molar-refractivity contribution in [2.75, 3.05) is 5.88 Å². The van der Waals surface area contributed by atoms with E-state index in [2.05, 4.69) is 30.3 Å². The van der Waals surface area contributed by atoms with Crippen molar-refractivity contribution in [3.8, 4) is 0 Å². The van der Waals surface area contributed by atoms with Gasteiger partial charge in [0.1, 0.15) is 11.6 Å². The predicted octanol–water partition coefficient (Wildman–Crippen LogP) is 5.15. The molecule has 2 aromatic rings. The second kappa shape index (κ2) is 5.90. The van der Waals surface area contributed by atoms with Crippen LogP contribution in [0.1, 0.15) is 39.4 Å². The maximum Gasteiger partial charge on any atom is 0.144 e. The summed E-state index contributed by atoms with van der Waals surface area (Å²) >= 11 is 11.8. The summed E-state index contributed by atoms with van der Waals surface area (Å²) < 4.78 is 15.8. The average molecular weight is 317 g/mol. The van der Waals surface area contributed by atoms with Gasteiger partial charge in [-0.25, -0.2) is 9.37 Å². The molecule has 110 valence electrons. The molecule has 2 nitrogen and oxygen atoms in total. The Bertz CT molecular complexity index is 618. The van der Waals surface area contributed by atoms with Gasteiger partial charge in [0.25, 0.3) is 0 Å². The van der Waals surface area contributed by atoms with Gasteiger partial charge < -0.3 is 4.57 Å². The molecule has 0 amide bonds. The van der Waals surface area contributed by atoms with E-state index in [1.165, 1.54) is 6.07 Å². The van der Waals surface area contributed by atoms with Crippen molar-refractivity contribution >= 4 is 34.2 Å².